The molecule has 0 aliphatic heterocycles. The van der Waals surface area contributed by atoms with Crippen LogP contribution in [0.1, 0.15) is 52.2 Å². The largest absolute Gasteiger partial charge is 0.417 e. The Hall–Kier alpha value is -2.56. The van der Waals surface area contributed by atoms with Gasteiger partial charge in [-0.1, -0.05) is 29.8 Å². The molecular formula is C23H15ClF10O. The SMILES string of the molecule is O=C(CC1CC(F)(F)C1)c1ccc(/C(F)=C/C(c2ccc(F)c(Cl)c2)C(F)(F)F)cc1C(F)(F)F. The number of ketones is 1. The zero-order valence-electron chi connectivity index (χ0n) is 17.4. The molecule has 1 atom stereocenters. The molecule has 1 aliphatic rings. The number of halogens is 11. The van der Waals surface area contributed by atoms with Crippen LogP contribution in [0.3, 0.4) is 0 Å². The lowest BCUT2D eigenvalue weighted by atomic mass is 9.77. The minimum atomic E-state index is -5.18. The minimum absolute atomic E-state index is 0.0109. The summed E-state index contributed by atoms with van der Waals surface area (Å²) in [5, 5.41) is -0.669. The van der Waals surface area contributed by atoms with Gasteiger partial charge in [0.25, 0.3) is 0 Å². The summed E-state index contributed by atoms with van der Waals surface area (Å²) in [6, 6.07) is 3.42. The number of carbonyl (C=O) groups excluding carboxylic acids is 1. The normalized spacial score (nSPS) is 17.7. The van der Waals surface area contributed by atoms with Gasteiger partial charge < -0.3 is 0 Å². The predicted molar refractivity (Wildman–Crippen MR) is 107 cm³/mol. The third-order valence-electron chi connectivity index (χ3n) is 5.52. The first-order chi connectivity index (χ1) is 16.0. The minimum Gasteiger partial charge on any atom is -0.294 e. The summed E-state index contributed by atoms with van der Waals surface area (Å²) in [4.78, 5) is 12.3. The second kappa shape index (κ2) is 9.48. The number of Topliss-reactive ketones (excluding diaryl/α,β-unsaturated/α-hetero) is 1. The van der Waals surface area contributed by atoms with Crippen LogP contribution in [0.25, 0.3) is 5.83 Å². The summed E-state index contributed by atoms with van der Waals surface area (Å²) in [5.41, 5.74) is -4.06. The molecule has 1 unspecified atom stereocenters. The molecule has 35 heavy (non-hydrogen) atoms. The van der Waals surface area contributed by atoms with Crippen molar-refractivity contribution in [3.63, 3.8) is 0 Å². The van der Waals surface area contributed by atoms with Crippen LogP contribution in [-0.4, -0.2) is 17.9 Å². The van der Waals surface area contributed by atoms with Crippen LogP contribution in [0, 0.1) is 11.7 Å². The van der Waals surface area contributed by atoms with Crippen molar-refractivity contribution in [2.24, 2.45) is 5.92 Å². The molecule has 190 valence electrons. The van der Waals surface area contributed by atoms with Crippen molar-refractivity contribution in [2.75, 3.05) is 0 Å². The predicted octanol–water partition coefficient (Wildman–Crippen LogP) is 8.77. The van der Waals surface area contributed by atoms with E-state index >= 15 is 0 Å². The van der Waals surface area contributed by atoms with Crippen LogP contribution in [0.4, 0.5) is 43.9 Å². The van der Waals surface area contributed by atoms with Gasteiger partial charge in [0.2, 0.25) is 5.92 Å². The summed E-state index contributed by atoms with van der Waals surface area (Å²) in [6.45, 7) is 0. The van der Waals surface area contributed by atoms with Crippen molar-refractivity contribution in [1.82, 2.24) is 0 Å². The third kappa shape index (κ3) is 6.36. The van der Waals surface area contributed by atoms with Crippen LogP contribution in [0.5, 0.6) is 0 Å². The molecule has 0 amide bonds. The fourth-order valence-corrected chi connectivity index (χ4v) is 3.99. The number of carbonyl (C=O) groups is 1. The molecule has 0 N–H and O–H groups in total. The lowest BCUT2D eigenvalue weighted by Crippen LogP contribution is -2.36. The lowest BCUT2D eigenvalue weighted by Gasteiger charge is -2.34. The van der Waals surface area contributed by atoms with E-state index in [0.717, 1.165) is 0 Å². The molecule has 1 saturated carbocycles. The van der Waals surface area contributed by atoms with Crippen molar-refractivity contribution in [1.29, 1.82) is 0 Å². The van der Waals surface area contributed by atoms with Crippen molar-refractivity contribution in [3.05, 3.63) is 75.6 Å². The van der Waals surface area contributed by atoms with E-state index < -0.39 is 94.1 Å². The second-order valence-corrected chi connectivity index (χ2v) is 8.63. The lowest BCUT2D eigenvalue weighted by molar-refractivity contribution is -0.140. The maximum Gasteiger partial charge on any atom is 0.417 e. The molecule has 0 bridgehead atoms. The number of benzene rings is 2. The molecule has 3 rings (SSSR count). The van der Waals surface area contributed by atoms with E-state index in [1.54, 1.807) is 0 Å². The molecule has 0 saturated heterocycles. The van der Waals surface area contributed by atoms with Crippen LogP contribution >= 0.6 is 11.6 Å². The van der Waals surface area contributed by atoms with Gasteiger partial charge >= 0.3 is 12.4 Å². The zero-order chi connectivity index (χ0) is 26.3. The highest BCUT2D eigenvalue weighted by Crippen LogP contribution is 2.45. The Morgan fingerprint density at radius 3 is 2.20 bits per heavy atom. The monoisotopic (exact) mass is 532 g/mol. The number of hydrogen-bond acceptors (Lipinski definition) is 1. The molecule has 1 fully saturated rings. The van der Waals surface area contributed by atoms with Gasteiger partial charge in [0.05, 0.1) is 10.6 Å². The highest BCUT2D eigenvalue weighted by molar-refractivity contribution is 6.30. The number of alkyl halides is 8. The van der Waals surface area contributed by atoms with Crippen LogP contribution < -0.4 is 0 Å². The van der Waals surface area contributed by atoms with Gasteiger partial charge in [-0.3, -0.25) is 4.79 Å². The number of allylic oxidation sites excluding steroid dienone is 1. The maximum absolute atomic E-state index is 14.8. The highest BCUT2D eigenvalue weighted by atomic mass is 35.5. The van der Waals surface area contributed by atoms with Crippen molar-refractivity contribution in [3.8, 4) is 0 Å². The molecule has 0 spiro atoms. The van der Waals surface area contributed by atoms with Crippen LogP contribution in [0.15, 0.2) is 42.5 Å². The standard InChI is InChI=1S/C23H15ClF10O/c24-17-7-12(2-4-18(17)25)15(22(29,30)31)8-19(26)13-1-3-14(16(6-13)23(32,33)34)20(35)5-11-9-21(27,28)10-11/h1-4,6-8,11,15H,5,9-10H2/b19-8-. The summed E-state index contributed by atoms with van der Waals surface area (Å²) >= 11 is 5.49. The van der Waals surface area contributed by atoms with Gasteiger partial charge in [-0.15, -0.1) is 0 Å². The highest BCUT2D eigenvalue weighted by Gasteiger charge is 2.46. The Balaban J connectivity index is 1.96. The van der Waals surface area contributed by atoms with E-state index in [4.69, 9.17) is 11.6 Å². The molecule has 2 aromatic carbocycles. The van der Waals surface area contributed by atoms with Crippen molar-refractivity contribution >= 4 is 23.2 Å². The number of rotatable bonds is 6. The molecule has 1 aliphatic carbocycles. The molecule has 2 aromatic rings. The average Bonchev–Trinajstić information content (AvgIpc) is 2.70. The topological polar surface area (TPSA) is 17.1 Å². The van der Waals surface area contributed by atoms with Gasteiger partial charge in [-0.25, -0.2) is 17.6 Å². The summed E-state index contributed by atoms with van der Waals surface area (Å²) in [6.07, 6.45) is -12.2. The molecule has 0 heterocycles. The second-order valence-electron chi connectivity index (χ2n) is 8.22. The summed E-state index contributed by atoms with van der Waals surface area (Å²) in [5.74, 6) is -10.3. The van der Waals surface area contributed by atoms with Crippen LogP contribution in [0.2, 0.25) is 5.02 Å². The van der Waals surface area contributed by atoms with Crippen LogP contribution in [-0.2, 0) is 6.18 Å². The van der Waals surface area contributed by atoms with Gasteiger partial charge in [-0.2, -0.15) is 26.3 Å². The van der Waals surface area contributed by atoms with E-state index in [-0.39, 0.29) is 12.1 Å². The Labute approximate surface area is 197 Å². The smallest absolute Gasteiger partial charge is 0.294 e. The molecule has 1 nitrogen and oxygen atoms in total. The fourth-order valence-electron chi connectivity index (χ4n) is 3.80. The molecule has 0 radical (unpaired) electrons. The Morgan fingerprint density at radius 2 is 1.69 bits per heavy atom. The zero-order valence-corrected chi connectivity index (χ0v) is 18.1. The molecule has 0 aromatic heterocycles. The van der Waals surface area contributed by atoms with E-state index in [2.05, 4.69) is 0 Å². The molecular weight excluding hydrogens is 518 g/mol. The fraction of sp³-hybridized carbons (Fsp3) is 0.348. The van der Waals surface area contributed by atoms with E-state index in [0.29, 0.717) is 30.3 Å². The first-order valence-electron chi connectivity index (χ1n) is 9.99. The first kappa shape index (κ1) is 27.0. The third-order valence-corrected chi connectivity index (χ3v) is 5.81. The summed E-state index contributed by atoms with van der Waals surface area (Å²) in [7, 11) is 0. The maximum atomic E-state index is 14.8. The van der Waals surface area contributed by atoms with E-state index in [1.165, 1.54) is 0 Å². The van der Waals surface area contributed by atoms with E-state index in [9.17, 15) is 48.7 Å². The van der Waals surface area contributed by atoms with Gasteiger partial charge in [0.1, 0.15) is 17.6 Å². The first-order valence-corrected chi connectivity index (χ1v) is 10.4. The van der Waals surface area contributed by atoms with Crippen molar-refractivity contribution < 1.29 is 48.7 Å². The molecule has 12 heteroatoms. The Bertz CT molecular complexity index is 1140. The quantitative estimate of drug-likeness (QED) is 0.268. The average molecular weight is 533 g/mol. The van der Waals surface area contributed by atoms with E-state index in [1.807, 2.05) is 0 Å². The van der Waals surface area contributed by atoms with Gasteiger partial charge in [0.15, 0.2) is 5.78 Å². The van der Waals surface area contributed by atoms with Gasteiger partial charge in [-0.05, 0) is 35.8 Å². The Morgan fingerprint density at radius 1 is 1.06 bits per heavy atom. The number of hydrogen-bond donors (Lipinski definition) is 0. The summed E-state index contributed by atoms with van der Waals surface area (Å²) < 4.78 is 135. The van der Waals surface area contributed by atoms with Gasteiger partial charge in [0, 0.05) is 30.4 Å². The van der Waals surface area contributed by atoms with Crippen molar-refractivity contribution in [2.45, 2.75) is 43.5 Å². The Kier molecular flexibility index (Phi) is 7.32.